The highest BCUT2D eigenvalue weighted by atomic mass is 32.1. The molecule has 2 aliphatic heterocycles. The molecule has 0 saturated carbocycles. The van der Waals surface area contributed by atoms with Crippen molar-refractivity contribution in [2.45, 2.75) is 44.8 Å². The largest absolute Gasteiger partial charge is 0.341 e. The minimum absolute atomic E-state index is 0.324. The molecule has 2 atom stereocenters. The molecule has 1 amide bonds. The lowest BCUT2D eigenvalue weighted by Crippen LogP contribution is -2.50. The predicted octanol–water partition coefficient (Wildman–Crippen LogP) is 2.25. The van der Waals surface area contributed by atoms with Crippen LogP contribution in [0, 0.1) is 6.92 Å². The molecule has 0 bridgehead atoms. The van der Waals surface area contributed by atoms with Crippen LogP contribution in [0.25, 0.3) is 0 Å². The Kier molecular flexibility index (Phi) is 3.16. The maximum atomic E-state index is 11.7. The molecule has 98 valence electrons. The van der Waals surface area contributed by atoms with Gasteiger partial charge in [0.1, 0.15) is 0 Å². The normalized spacial score (nSPS) is 28.8. The second-order valence-corrected chi connectivity index (χ2v) is 6.82. The first kappa shape index (κ1) is 12.2. The van der Waals surface area contributed by atoms with Crippen LogP contribution in [0.15, 0.2) is 12.1 Å². The highest BCUT2D eigenvalue weighted by Crippen LogP contribution is 2.32. The van der Waals surface area contributed by atoms with Gasteiger partial charge >= 0.3 is 0 Å². The van der Waals surface area contributed by atoms with Gasteiger partial charge < -0.3 is 4.90 Å². The molecule has 3 rings (SSSR count). The van der Waals surface area contributed by atoms with Crippen LogP contribution in [-0.2, 0) is 11.3 Å². The number of piperidine rings is 1. The van der Waals surface area contributed by atoms with Gasteiger partial charge in [-0.25, -0.2) is 0 Å². The van der Waals surface area contributed by atoms with Crippen molar-refractivity contribution >= 4 is 17.2 Å². The average molecular weight is 264 g/mol. The van der Waals surface area contributed by atoms with Crippen molar-refractivity contribution in [1.82, 2.24) is 9.80 Å². The van der Waals surface area contributed by atoms with Crippen molar-refractivity contribution in [2.24, 2.45) is 0 Å². The maximum absolute atomic E-state index is 11.7. The highest BCUT2D eigenvalue weighted by Gasteiger charge is 2.41. The van der Waals surface area contributed by atoms with E-state index in [1.165, 1.54) is 9.75 Å². The zero-order valence-electron chi connectivity index (χ0n) is 11.1. The van der Waals surface area contributed by atoms with Crippen LogP contribution in [0.4, 0.5) is 0 Å². The van der Waals surface area contributed by atoms with E-state index in [1.54, 1.807) is 0 Å². The van der Waals surface area contributed by atoms with Crippen molar-refractivity contribution in [3.05, 3.63) is 21.9 Å². The summed E-state index contributed by atoms with van der Waals surface area (Å²) in [5, 5.41) is 0. The SMILES string of the molecule is Cc1ccc(CN2CC[C@@H]3[C@H]2CCC(=O)N3C)s1. The van der Waals surface area contributed by atoms with Gasteiger partial charge in [0, 0.05) is 48.4 Å². The van der Waals surface area contributed by atoms with E-state index in [4.69, 9.17) is 0 Å². The first-order chi connectivity index (χ1) is 8.65. The molecule has 0 unspecified atom stereocenters. The van der Waals surface area contributed by atoms with Gasteiger partial charge in [0.05, 0.1) is 0 Å². The quantitative estimate of drug-likeness (QED) is 0.818. The monoisotopic (exact) mass is 264 g/mol. The zero-order valence-corrected chi connectivity index (χ0v) is 11.9. The number of fused-ring (bicyclic) bond motifs is 1. The number of likely N-dealkylation sites (N-methyl/N-ethyl adjacent to an activating group) is 1. The molecule has 4 heteroatoms. The van der Waals surface area contributed by atoms with E-state index >= 15 is 0 Å². The van der Waals surface area contributed by atoms with Crippen molar-refractivity contribution in [2.75, 3.05) is 13.6 Å². The second-order valence-electron chi connectivity index (χ2n) is 5.45. The minimum Gasteiger partial charge on any atom is -0.341 e. The summed E-state index contributed by atoms with van der Waals surface area (Å²) in [7, 11) is 1.97. The Bertz CT molecular complexity index is 456. The van der Waals surface area contributed by atoms with Gasteiger partial charge in [-0.15, -0.1) is 11.3 Å². The predicted molar refractivity (Wildman–Crippen MR) is 73.7 cm³/mol. The fourth-order valence-electron chi connectivity index (χ4n) is 3.33. The lowest BCUT2D eigenvalue weighted by atomic mass is 9.97. The third kappa shape index (κ3) is 2.08. The molecule has 0 spiro atoms. The molecule has 0 aliphatic carbocycles. The summed E-state index contributed by atoms with van der Waals surface area (Å²) >= 11 is 1.89. The van der Waals surface area contributed by atoms with Crippen molar-refractivity contribution in [3.8, 4) is 0 Å². The molecule has 0 N–H and O–H groups in total. The summed E-state index contributed by atoms with van der Waals surface area (Å²) in [5.74, 6) is 0.324. The smallest absolute Gasteiger partial charge is 0.222 e. The Morgan fingerprint density at radius 3 is 2.89 bits per heavy atom. The van der Waals surface area contributed by atoms with E-state index in [0.29, 0.717) is 18.0 Å². The summed E-state index contributed by atoms with van der Waals surface area (Å²) in [6.07, 6.45) is 2.90. The molecule has 2 fully saturated rings. The number of carbonyl (C=O) groups is 1. The molecule has 3 nitrogen and oxygen atoms in total. The van der Waals surface area contributed by atoms with Crippen LogP contribution < -0.4 is 0 Å². The molecular weight excluding hydrogens is 244 g/mol. The third-order valence-electron chi connectivity index (χ3n) is 4.33. The molecular formula is C14H20N2OS. The average Bonchev–Trinajstić information content (AvgIpc) is 2.92. The lowest BCUT2D eigenvalue weighted by molar-refractivity contribution is -0.135. The first-order valence-electron chi connectivity index (χ1n) is 6.70. The third-order valence-corrected chi connectivity index (χ3v) is 5.31. The van der Waals surface area contributed by atoms with E-state index in [1.807, 2.05) is 23.3 Å². The van der Waals surface area contributed by atoms with Gasteiger partial charge in [-0.05, 0) is 31.9 Å². The number of carbonyl (C=O) groups excluding carboxylic acids is 1. The molecule has 18 heavy (non-hydrogen) atoms. The Labute approximate surface area is 112 Å². The highest BCUT2D eigenvalue weighted by molar-refractivity contribution is 7.11. The number of thiophene rings is 1. The standard InChI is InChI=1S/C14H20N2OS/c1-10-3-4-11(18-10)9-16-8-7-12-13(16)5-6-14(17)15(12)2/h3-4,12-13H,5-9H2,1-2H3/t12-,13-/m1/s1. The Morgan fingerprint density at radius 1 is 1.33 bits per heavy atom. The number of rotatable bonds is 2. The summed E-state index contributed by atoms with van der Waals surface area (Å²) < 4.78 is 0. The maximum Gasteiger partial charge on any atom is 0.222 e. The molecule has 2 aliphatic rings. The summed E-state index contributed by atoms with van der Waals surface area (Å²) in [6, 6.07) is 5.47. The number of hydrogen-bond acceptors (Lipinski definition) is 3. The van der Waals surface area contributed by atoms with Crippen molar-refractivity contribution < 1.29 is 4.79 Å². The van der Waals surface area contributed by atoms with E-state index in [9.17, 15) is 4.79 Å². The van der Waals surface area contributed by atoms with Gasteiger partial charge in [0.25, 0.3) is 0 Å². The van der Waals surface area contributed by atoms with Gasteiger partial charge in [-0.1, -0.05) is 0 Å². The van der Waals surface area contributed by atoms with E-state index < -0.39 is 0 Å². The fourth-order valence-corrected chi connectivity index (χ4v) is 4.24. The first-order valence-corrected chi connectivity index (χ1v) is 7.52. The molecule has 2 saturated heterocycles. The van der Waals surface area contributed by atoms with Crippen LogP contribution in [0.1, 0.15) is 29.0 Å². The van der Waals surface area contributed by atoms with Gasteiger partial charge in [0.15, 0.2) is 0 Å². The lowest BCUT2D eigenvalue weighted by Gasteiger charge is -2.37. The van der Waals surface area contributed by atoms with E-state index in [-0.39, 0.29) is 0 Å². The molecule has 1 aromatic heterocycles. The number of nitrogens with zero attached hydrogens (tertiary/aromatic N) is 2. The molecule has 0 aromatic carbocycles. The van der Waals surface area contributed by atoms with Crippen LogP contribution in [-0.4, -0.2) is 41.4 Å². The number of hydrogen-bond donors (Lipinski definition) is 0. The van der Waals surface area contributed by atoms with Crippen molar-refractivity contribution in [1.29, 1.82) is 0 Å². The zero-order chi connectivity index (χ0) is 12.7. The van der Waals surface area contributed by atoms with Gasteiger partial charge in [-0.3, -0.25) is 9.69 Å². The van der Waals surface area contributed by atoms with Crippen LogP contribution in [0.3, 0.4) is 0 Å². The van der Waals surface area contributed by atoms with Crippen LogP contribution in [0.2, 0.25) is 0 Å². The second kappa shape index (κ2) is 4.67. The molecule has 1 aromatic rings. The summed E-state index contributed by atoms with van der Waals surface area (Å²) in [6.45, 7) is 4.35. The van der Waals surface area contributed by atoms with Crippen LogP contribution >= 0.6 is 11.3 Å². The van der Waals surface area contributed by atoms with Crippen molar-refractivity contribution in [3.63, 3.8) is 0 Å². The fraction of sp³-hybridized carbons (Fsp3) is 0.643. The Balaban J connectivity index is 1.70. The Hall–Kier alpha value is -0.870. The van der Waals surface area contributed by atoms with Gasteiger partial charge in [-0.2, -0.15) is 0 Å². The molecule has 3 heterocycles. The van der Waals surface area contributed by atoms with E-state index in [2.05, 4.69) is 24.0 Å². The number of amides is 1. The summed E-state index contributed by atoms with van der Waals surface area (Å²) in [4.78, 5) is 19.1. The number of likely N-dealkylation sites (tertiary alicyclic amines) is 2. The molecule has 0 radical (unpaired) electrons. The van der Waals surface area contributed by atoms with Gasteiger partial charge in [0.2, 0.25) is 5.91 Å². The number of aryl methyl sites for hydroxylation is 1. The summed E-state index contributed by atoms with van der Waals surface area (Å²) in [5.41, 5.74) is 0. The Morgan fingerprint density at radius 2 is 2.17 bits per heavy atom. The topological polar surface area (TPSA) is 23.6 Å². The van der Waals surface area contributed by atoms with E-state index in [0.717, 1.165) is 32.4 Å². The minimum atomic E-state index is 0.324. The van der Waals surface area contributed by atoms with Crippen LogP contribution in [0.5, 0.6) is 0 Å².